The van der Waals surface area contributed by atoms with Crippen LogP contribution in [-0.4, -0.2) is 32.9 Å². The molecule has 0 bridgehead atoms. The van der Waals surface area contributed by atoms with E-state index in [-0.39, 0.29) is 17.9 Å². The second-order valence-corrected chi connectivity index (χ2v) is 5.68. The molecular formula is C13H15N5OS. The van der Waals surface area contributed by atoms with Gasteiger partial charge in [0.25, 0.3) is 0 Å². The molecular weight excluding hydrogens is 274 g/mol. The van der Waals surface area contributed by atoms with Crippen molar-refractivity contribution in [2.75, 3.05) is 16.4 Å². The molecule has 0 aliphatic carbocycles. The number of benzene rings is 1. The van der Waals surface area contributed by atoms with E-state index in [9.17, 15) is 4.79 Å². The zero-order valence-electron chi connectivity index (χ0n) is 11.0. The number of aromatic nitrogens is 3. The molecule has 0 fully saturated rings. The van der Waals surface area contributed by atoms with Gasteiger partial charge in [-0.25, -0.2) is 5.10 Å². The number of carbonyl (C=O) groups is 1. The molecule has 7 heteroatoms. The van der Waals surface area contributed by atoms with Crippen LogP contribution in [0.2, 0.25) is 0 Å². The summed E-state index contributed by atoms with van der Waals surface area (Å²) >= 11 is 1.29. The first kappa shape index (κ1) is 13.0. The van der Waals surface area contributed by atoms with Crippen molar-refractivity contribution >= 4 is 29.3 Å². The Morgan fingerprint density at radius 2 is 2.35 bits per heavy atom. The summed E-state index contributed by atoms with van der Waals surface area (Å²) in [4.78, 5) is 18.2. The van der Waals surface area contributed by atoms with Gasteiger partial charge in [0, 0.05) is 11.7 Å². The van der Waals surface area contributed by atoms with Gasteiger partial charge in [0.15, 0.2) is 0 Å². The number of nitrogens with one attached hydrogen (secondary N) is 1. The van der Waals surface area contributed by atoms with Gasteiger partial charge in [-0.2, -0.15) is 4.98 Å². The standard InChI is InChI=1S/C13H15N5OS/c1-8-6-9-4-2-3-5-10(9)18(8)11(19)7-20-13-15-12(14)16-17-13/h2-5,8H,6-7H2,1H3,(H3,14,15,16,17)/t8-/m1/s1. The van der Waals surface area contributed by atoms with E-state index in [0.29, 0.717) is 10.9 Å². The van der Waals surface area contributed by atoms with Crippen LogP contribution in [-0.2, 0) is 11.2 Å². The summed E-state index contributed by atoms with van der Waals surface area (Å²) in [5, 5.41) is 6.96. The number of para-hydroxylation sites is 1. The Morgan fingerprint density at radius 3 is 3.10 bits per heavy atom. The molecule has 3 rings (SSSR count). The van der Waals surface area contributed by atoms with Gasteiger partial charge in [-0.1, -0.05) is 30.0 Å². The molecule has 2 aromatic rings. The predicted molar refractivity (Wildman–Crippen MR) is 78.6 cm³/mol. The maximum atomic E-state index is 12.4. The molecule has 3 N–H and O–H groups in total. The molecule has 104 valence electrons. The third-order valence-corrected chi connectivity index (χ3v) is 4.11. The van der Waals surface area contributed by atoms with Gasteiger partial charge < -0.3 is 10.6 Å². The van der Waals surface area contributed by atoms with Crippen LogP contribution in [0.1, 0.15) is 12.5 Å². The summed E-state index contributed by atoms with van der Waals surface area (Å²) in [6.07, 6.45) is 0.903. The number of aromatic amines is 1. The van der Waals surface area contributed by atoms with Gasteiger partial charge >= 0.3 is 0 Å². The number of fused-ring (bicyclic) bond motifs is 1. The first-order valence-corrected chi connectivity index (χ1v) is 7.34. The third kappa shape index (κ3) is 2.36. The Bertz CT molecular complexity index is 641. The number of nitrogen functional groups attached to an aromatic ring is 1. The quantitative estimate of drug-likeness (QED) is 0.835. The average Bonchev–Trinajstić information content (AvgIpc) is 2.98. The molecule has 20 heavy (non-hydrogen) atoms. The normalized spacial score (nSPS) is 17.2. The van der Waals surface area contributed by atoms with Crippen molar-refractivity contribution in [3.05, 3.63) is 29.8 Å². The van der Waals surface area contributed by atoms with Crippen molar-refractivity contribution in [3.8, 4) is 0 Å². The summed E-state index contributed by atoms with van der Waals surface area (Å²) < 4.78 is 0. The van der Waals surface area contributed by atoms with Crippen LogP contribution in [0.15, 0.2) is 29.4 Å². The van der Waals surface area contributed by atoms with Gasteiger partial charge in [-0.3, -0.25) is 4.79 Å². The highest BCUT2D eigenvalue weighted by Crippen LogP contribution is 2.32. The minimum Gasteiger partial charge on any atom is -0.368 e. The highest BCUT2D eigenvalue weighted by molar-refractivity contribution is 7.99. The molecule has 0 saturated carbocycles. The topological polar surface area (TPSA) is 87.9 Å². The number of hydrogen-bond acceptors (Lipinski definition) is 5. The van der Waals surface area contributed by atoms with E-state index >= 15 is 0 Å². The molecule has 0 unspecified atom stereocenters. The van der Waals surface area contributed by atoms with Crippen molar-refractivity contribution in [2.45, 2.75) is 24.5 Å². The Hall–Kier alpha value is -2.02. The number of H-pyrrole nitrogens is 1. The Balaban J connectivity index is 1.71. The number of anilines is 2. The van der Waals surface area contributed by atoms with Crippen molar-refractivity contribution in [3.63, 3.8) is 0 Å². The van der Waals surface area contributed by atoms with Gasteiger partial charge in [0.2, 0.25) is 17.0 Å². The zero-order chi connectivity index (χ0) is 14.1. The fourth-order valence-corrected chi connectivity index (χ4v) is 3.13. The number of thioether (sulfide) groups is 1. The summed E-state index contributed by atoms with van der Waals surface area (Å²) in [7, 11) is 0. The smallest absolute Gasteiger partial charge is 0.237 e. The number of nitrogens with zero attached hydrogens (tertiary/aromatic N) is 3. The SMILES string of the molecule is C[C@@H]1Cc2ccccc2N1C(=O)CSc1n[nH]c(N)n1. The second kappa shape index (κ2) is 5.16. The molecule has 0 spiro atoms. The lowest BCUT2D eigenvalue weighted by Crippen LogP contribution is -2.37. The predicted octanol–water partition coefficient (Wildman–Crippen LogP) is 1.46. The number of hydrogen-bond donors (Lipinski definition) is 2. The fourth-order valence-electron chi connectivity index (χ4n) is 2.46. The van der Waals surface area contributed by atoms with E-state index in [1.165, 1.54) is 17.3 Å². The van der Waals surface area contributed by atoms with Crippen LogP contribution in [0.5, 0.6) is 0 Å². The van der Waals surface area contributed by atoms with E-state index in [0.717, 1.165) is 12.1 Å². The molecule has 1 aliphatic heterocycles. The second-order valence-electron chi connectivity index (χ2n) is 4.74. The van der Waals surface area contributed by atoms with E-state index < -0.39 is 0 Å². The molecule has 0 saturated heterocycles. The third-order valence-electron chi connectivity index (χ3n) is 3.28. The minimum absolute atomic E-state index is 0.0656. The van der Waals surface area contributed by atoms with Crippen molar-refractivity contribution in [1.29, 1.82) is 0 Å². The number of amides is 1. The monoisotopic (exact) mass is 289 g/mol. The first-order chi connectivity index (χ1) is 9.65. The van der Waals surface area contributed by atoms with Crippen LogP contribution in [0.4, 0.5) is 11.6 Å². The number of carbonyl (C=O) groups excluding carboxylic acids is 1. The van der Waals surface area contributed by atoms with Gasteiger partial charge in [-0.15, -0.1) is 5.10 Å². The lowest BCUT2D eigenvalue weighted by atomic mass is 10.1. The largest absolute Gasteiger partial charge is 0.368 e. The molecule has 0 radical (unpaired) electrons. The van der Waals surface area contributed by atoms with Gasteiger partial charge in [0.1, 0.15) is 0 Å². The van der Waals surface area contributed by atoms with E-state index in [1.807, 2.05) is 23.1 Å². The van der Waals surface area contributed by atoms with Gasteiger partial charge in [-0.05, 0) is 25.0 Å². The Morgan fingerprint density at radius 1 is 1.55 bits per heavy atom. The lowest BCUT2D eigenvalue weighted by molar-refractivity contribution is -0.116. The minimum atomic E-state index is 0.0656. The molecule has 1 atom stereocenters. The first-order valence-electron chi connectivity index (χ1n) is 6.36. The molecule has 1 aromatic heterocycles. The van der Waals surface area contributed by atoms with Crippen LogP contribution in [0.25, 0.3) is 0 Å². The fraction of sp³-hybridized carbons (Fsp3) is 0.308. The van der Waals surface area contributed by atoms with E-state index in [1.54, 1.807) is 0 Å². The maximum Gasteiger partial charge on any atom is 0.237 e. The molecule has 2 heterocycles. The molecule has 1 amide bonds. The van der Waals surface area contributed by atoms with Crippen LogP contribution < -0.4 is 10.6 Å². The Kier molecular flexibility index (Phi) is 3.35. The van der Waals surface area contributed by atoms with E-state index in [2.05, 4.69) is 28.2 Å². The van der Waals surface area contributed by atoms with Gasteiger partial charge in [0.05, 0.1) is 5.75 Å². The summed E-state index contributed by atoms with van der Waals surface area (Å²) in [6, 6.07) is 8.22. The molecule has 1 aromatic carbocycles. The number of nitrogens with two attached hydrogens (primary N) is 1. The van der Waals surface area contributed by atoms with Crippen LogP contribution >= 0.6 is 11.8 Å². The zero-order valence-corrected chi connectivity index (χ0v) is 11.9. The van der Waals surface area contributed by atoms with Crippen molar-refractivity contribution in [2.24, 2.45) is 0 Å². The van der Waals surface area contributed by atoms with Crippen molar-refractivity contribution < 1.29 is 4.79 Å². The van der Waals surface area contributed by atoms with E-state index in [4.69, 9.17) is 5.73 Å². The summed E-state index contributed by atoms with van der Waals surface area (Å²) in [5.41, 5.74) is 7.69. The highest BCUT2D eigenvalue weighted by Gasteiger charge is 2.30. The Labute approximate surface area is 120 Å². The number of rotatable bonds is 3. The summed E-state index contributed by atoms with van der Waals surface area (Å²) in [6.45, 7) is 2.06. The van der Waals surface area contributed by atoms with Crippen molar-refractivity contribution in [1.82, 2.24) is 15.2 Å². The van der Waals surface area contributed by atoms with Crippen LogP contribution in [0.3, 0.4) is 0 Å². The average molecular weight is 289 g/mol. The van der Waals surface area contributed by atoms with Crippen LogP contribution in [0, 0.1) is 0 Å². The highest BCUT2D eigenvalue weighted by atomic mass is 32.2. The molecule has 6 nitrogen and oxygen atoms in total. The lowest BCUT2D eigenvalue weighted by Gasteiger charge is -2.22. The maximum absolute atomic E-state index is 12.4. The molecule has 1 aliphatic rings. The summed E-state index contributed by atoms with van der Waals surface area (Å²) in [5.74, 6) is 0.631.